The number of para-hydroxylation sites is 1. The minimum atomic E-state index is -0.450. The number of rotatable bonds is 7. The maximum Gasteiger partial charge on any atom is 0.266 e. The average molecular weight is 414 g/mol. The first kappa shape index (κ1) is 21.0. The summed E-state index contributed by atoms with van der Waals surface area (Å²) < 4.78 is 14.8. The van der Waals surface area contributed by atoms with Gasteiger partial charge in [-0.15, -0.1) is 0 Å². The van der Waals surface area contributed by atoms with E-state index >= 15 is 0 Å². The molecule has 3 aromatic rings. The van der Waals surface area contributed by atoms with E-state index in [0.29, 0.717) is 21.7 Å². The van der Waals surface area contributed by atoms with Crippen molar-refractivity contribution in [2.45, 2.75) is 50.1 Å². The van der Waals surface area contributed by atoms with Crippen molar-refractivity contribution in [3.05, 3.63) is 64.7 Å². The number of hydrogen-bond acceptors (Lipinski definition) is 4. The first-order valence-electron chi connectivity index (χ1n) is 9.65. The summed E-state index contributed by atoms with van der Waals surface area (Å²) in [5, 5.41) is 3.41. The number of thioether (sulfide) groups is 1. The highest BCUT2D eigenvalue weighted by Gasteiger charge is 2.21. The lowest BCUT2D eigenvalue weighted by atomic mass is 10.2. The van der Waals surface area contributed by atoms with Gasteiger partial charge in [-0.2, -0.15) is 0 Å². The van der Waals surface area contributed by atoms with Crippen LogP contribution >= 0.6 is 11.8 Å². The molecule has 5 nitrogen and oxygen atoms in total. The van der Waals surface area contributed by atoms with E-state index < -0.39 is 5.25 Å². The summed E-state index contributed by atoms with van der Waals surface area (Å²) in [7, 11) is 0. The summed E-state index contributed by atoms with van der Waals surface area (Å²) in [6, 6.07) is 12.8. The van der Waals surface area contributed by atoms with Crippen molar-refractivity contribution in [2.75, 3.05) is 0 Å². The van der Waals surface area contributed by atoms with Crippen LogP contribution in [0.3, 0.4) is 0 Å². The number of benzene rings is 2. The van der Waals surface area contributed by atoms with E-state index in [2.05, 4.69) is 17.2 Å². The van der Waals surface area contributed by atoms with Crippen molar-refractivity contribution in [1.82, 2.24) is 14.9 Å². The van der Waals surface area contributed by atoms with Gasteiger partial charge < -0.3 is 5.32 Å². The van der Waals surface area contributed by atoms with Crippen molar-refractivity contribution in [2.24, 2.45) is 0 Å². The Morgan fingerprint density at radius 3 is 2.55 bits per heavy atom. The fraction of sp³-hybridized carbons (Fsp3) is 0.318. The third-order valence-corrected chi connectivity index (χ3v) is 5.64. The number of fused-ring (bicyclic) bond motifs is 1. The Morgan fingerprint density at radius 2 is 1.86 bits per heavy atom. The van der Waals surface area contributed by atoms with Crippen LogP contribution in [-0.4, -0.2) is 26.8 Å². The normalized spacial score (nSPS) is 13.2. The highest BCUT2D eigenvalue weighted by atomic mass is 32.2. The molecule has 2 unspecified atom stereocenters. The first-order valence-corrected chi connectivity index (χ1v) is 10.5. The Hall–Kier alpha value is -2.67. The number of carbonyl (C=O) groups excluding carboxylic acids is 1. The van der Waals surface area contributed by atoms with Gasteiger partial charge in [-0.05, 0) is 56.7 Å². The lowest BCUT2D eigenvalue weighted by molar-refractivity contribution is -0.120. The van der Waals surface area contributed by atoms with E-state index in [1.807, 2.05) is 13.0 Å². The van der Waals surface area contributed by atoms with Gasteiger partial charge in [0.05, 0.1) is 21.8 Å². The van der Waals surface area contributed by atoms with Crippen LogP contribution in [-0.2, 0) is 4.79 Å². The molecular formula is C22H24FN3O2S. The molecule has 152 valence electrons. The second-order valence-electron chi connectivity index (χ2n) is 6.99. The third-order valence-electron chi connectivity index (χ3n) is 4.59. The number of nitrogens with zero attached hydrogens (tertiary/aromatic N) is 2. The van der Waals surface area contributed by atoms with Gasteiger partial charge >= 0.3 is 0 Å². The zero-order chi connectivity index (χ0) is 21.0. The molecule has 29 heavy (non-hydrogen) atoms. The first-order chi connectivity index (χ1) is 13.9. The summed E-state index contributed by atoms with van der Waals surface area (Å²) in [6.45, 7) is 5.83. The number of carbonyl (C=O) groups is 1. The molecule has 1 amide bonds. The minimum Gasteiger partial charge on any atom is -0.353 e. The van der Waals surface area contributed by atoms with E-state index in [1.165, 1.54) is 40.6 Å². The Kier molecular flexibility index (Phi) is 6.69. The van der Waals surface area contributed by atoms with E-state index in [9.17, 15) is 14.0 Å². The Balaban J connectivity index is 2.01. The molecule has 0 bridgehead atoms. The van der Waals surface area contributed by atoms with E-state index in [4.69, 9.17) is 0 Å². The average Bonchev–Trinajstić information content (AvgIpc) is 2.69. The number of halogens is 1. The fourth-order valence-corrected chi connectivity index (χ4v) is 4.02. The maximum absolute atomic E-state index is 13.4. The van der Waals surface area contributed by atoms with Gasteiger partial charge in [0.1, 0.15) is 5.82 Å². The van der Waals surface area contributed by atoms with Crippen LogP contribution < -0.4 is 10.9 Å². The zero-order valence-corrected chi connectivity index (χ0v) is 17.5. The molecule has 0 radical (unpaired) electrons. The van der Waals surface area contributed by atoms with Crippen LogP contribution in [0.1, 0.15) is 33.6 Å². The molecule has 0 spiro atoms. The zero-order valence-electron chi connectivity index (χ0n) is 16.7. The SMILES string of the molecule is CCCC(C)NC(=O)C(C)Sc1nc2ccccc2c(=O)n1-c1ccc(F)cc1. The Bertz CT molecular complexity index is 1070. The van der Waals surface area contributed by atoms with Crippen molar-refractivity contribution in [1.29, 1.82) is 0 Å². The van der Waals surface area contributed by atoms with Gasteiger partial charge in [0.15, 0.2) is 5.16 Å². The predicted molar refractivity (Wildman–Crippen MR) is 115 cm³/mol. The van der Waals surface area contributed by atoms with Crippen molar-refractivity contribution >= 4 is 28.6 Å². The summed E-state index contributed by atoms with van der Waals surface area (Å²) in [6.07, 6.45) is 1.89. The molecule has 2 atom stereocenters. The third kappa shape index (κ3) is 4.85. The molecule has 3 rings (SSSR count). The van der Waals surface area contributed by atoms with E-state index in [1.54, 1.807) is 25.1 Å². The summed E-state index contributed by atoms with van der Waals surface area (Å²) in [5.74, 6) is -0.494. The smallest absolute Gasteiger partial charge is 0.266 e. The molecule has 0 aliphatic carbocycles. The lowest BCUT2D eigenvalue weighted by Crippen LogP contribution is -2.37. The van der Waals surface area contributed by atoms with Gasteiger partial charge in [0.2, 0.25) is 5.91 Å². The molecule has 1 heterocycles. The lowest BCUT2D eigenvalue weighted by Gasteiger charge is -2.18. The largest absolute Gasteiger partial charge is 0.353 e. The summed E-state index contributed by atoms with van der Waals surface area (Å²) >= 11 is 1.21. The van der Waals surface area contributed by atoms with Crippen molar-refractivity contribution in [3.63, 3.8) is 0 Å². The number of amides is 1. The highest BCUT2D eigenvalue weighted by Crippen LogP contribution is 2.25. The molecule has 0 saturated heterocycles. The van der Waals surface area contributed by atoms with Gasteiger partial charge in [-0.1, -0.05) is 37.2 Å². The molecule has 2 aromatic carbocycles. The molecule has 7 heteroatoms. The Labute approximate surface area is 173 Å². The van der Waals surface area contributed by atoms with Crippen LogP contribution in [0.5, 0.6) is 0 Å². The topological polar surface area (TPSA) is 64.0 Å². The molecular weight excluding hydrogens is 389 g/mol. The van der Waals surface area contributed by atoms with E-state index in [-0.39, 0.29) is 23.3 Å². The van der Waals surface area contributed by atoms with Gasteiger partial charge in [0.25, 0.3) is 5.56 Å². The molecule has 1 aromatic heterocycles. The van der Waals surface area contributed by atoms with Crippen molar-refractivity contribution in [3.8, 4) is 5.69 Å². The summed E-state index contributed by atoms with van der Waals surface area (Å²) in [4.78, 5) is 30.4. The molecule has 0 saturated carbocycles. The van der Waals surface area contributed by atoms with Crippen LogP contribution in [0.2, 0.25) is 0 Å². The maximum atomic E-state index is 13.4. The van der Waals surface area contributed by atoms with Gasteiger partial charge in [0, 0.05) is 6.04 Å². The number of nitrogens with one attached hydrogen (secondary N) is 1. The predicted octanol–water partition coefficient (Wildman–Crippen LogP) is 4.31. The Morgan fingerprint density at radius 1 is 1.17 bits per heavy atom. The van der Waals surface area contributed by atoms with Crippen LogP contribution in [0.15, 0.2) is 58.5 Å². The van der Waals surface area contributed by atoms with Gasteiger partial charge in [-0.3, -0.25) is 14.2 Å². The molecule has 0 fully saturated rings. The van der Waals surface area contributed by atoms with E-state index in [0.717, 1.165) is 12.8 Å². The monoisotopic (exact) mass is 413 g/mol. The quantitative estimate of drug-likeness (QED) is 0.463. The van der Waals surface area contributed by atoms with Crippen LogP contribution in [0, 0.1) is 5.82 Å². The van der Waals surface area contributed by atoms with Crippen molar-refractivity contribution < 1.29 is 9.18 Å². The minimum absolute atomic E-state index is 0.0828. The highest BCUT2D eigenvalue weighted by molar-refractivity contribution is 8.00. The van der Waals surface area contributed by atoms with Crippen LogP contribution in [0.25, 0.3) is 16.6 Å². The van der Waals surface area contributed by atoms with Crippen LogP contribution in [0.4, 0.5) is 4.39 Å². The summed E-state index contributed by atoms with van der Waals surface area (Å²) in [5.41, 5.74) is 0.811. The second kappa shape index (κ2) is 9.22. The standard InChI is InChI=1S/C22H24FN3O2S/c1-4-7-14(2)24-20(27)15(3)29-22-25-19-9-6-5-8-18(19)21(28)26(22)17-12-10-16(23)11-13-17/h5-6,8-15H,4,7H2,1-3H3,(H,24,27). The number of hydrogen-bond donors (Lipinski definition) is 1. The van der Waals surface area contributed by atoms with Gasteiger partial charge in [-0.25, -0.2) is 9.37 Å². The number of aromatic nitrogens is 2. The fourth-order valence-electron chi connectivity index (χ4n) is 3.09. The molecule has 1 N–H and O–H groups in total. The molecule has 0 aliphatic heterocycles. The second-order valence-corrected chi connectivity index (χ2v) is 8.29. The molecule has 0 aliphatic rings.